The van der Waals surface area contributed by atoms with Gasteiger partial charge in [-0.1, -0.05) is 0 Å². The van der Waals surface area contributed by atoms with Crippen LogP contribution in [0.15, 0.2) is 16.6 Å². The molecule has 1 heterocycles. The van der Waals surface area contributed by atoms with E-state index in [-0.39, 0.29) is 11.8 Å². The Morgan fingerprint density at radius 2 is 1.85 bits per heavy atom. The van der Waals surface area contributed by atoms with Gasteiger partial charge in [0.1, 0.15) is 0 Å². The zero-order chi connectivity index (χ0) is 19.3. The molecule has 0 unspecified atom stereocenters. The molecule has 144 valence electrons. The fourth-order valence-corrected chi connectivity index (χ4v) is 3.38. The number of carbonyl (C=O) groups is 2. The minimum atomic E-state index is -0.0482. The lowest BCUT2D eigenvalue weighted by Gasteiger charge is -2.34. The minimum absolute atomic E-state index is 0.0482. The van der Waals surface area contributed by atoms with Crippen molar-refractivity contribution in [2.24, 2.45) is 0 Å². The number of halogens is 1. The summed E-state index contributed by atoms with van der Waals surface area (Å²) in [6.45, 7) is 5.30. The van der Waals surface area contributed by atoms with Gasteiger partial charge in [0.2, 0.25) is 5.91 Å². The molecule has 0 N–H and O–H groups in total. The van der Waals surface area contributed by atoms with Gasteiger partial charge in [-0.3, -0.25) is 14.5 Å². The number of ether oxygens (including phenoxy) is 2. The van der Waals surface area contributed by atoms with E-state index in [0.29, 0.717) is 60.9 Å². The van der Waals surface area contributed by atoms with Crippen LogP contribution in [0, 0.1) is 0 Å². The number of piperazine rings is 1. The first-order valence-corrected chi connectivity index (χ1v) is 9.38. The quantitative estimate of drug-likeness (QED) is 0.691. The minimum Gasteiger partial charge on any atom is -0.492 e. The van der Waals surface area contributed by atoms with Crippen LogP contribution in [-0.2, 0) is 4.79 Å². The number of hydrogen-bond donors (Lipinski definition) is 0. The van der Waals surface area contributed by atoms with E-state index in [2.05, 4.69) is 20.8 Å². The van der Waals surface area contributed by atoms with E-state index in [9.17, 15) is 9.59 Å². The van der Waals surface area contributed by atoms with Crippen molar-refractivity contribution >= 4 is 27.7 Å². The average molecular weight is 428 g/mol. The first-order chi connectivity index (χ1) is 12.4. The smallest absolute Gasteiger partial charge is 0.254 e. The van der Waals surface area contributed by atoms with Crippen molar-refractivity contribution in [3.05, 3.63) is 22.2 Å². The van der Waals surface area contributed by atoms with Gasteiger partial charge in [-0.2, -0.15) is 0 Å². The maximum absolute atomic E-state index is 12.9. The van der Waals surface area contributed by atoms with Gasteiger partial charge >= 0.3 is 0 Å². The first-order valence-electron chi connectivity index (χ1n) is 8.59. The number of likely N-dealkylation sites (N-methyl/N-ethyl adjacent to an activating group) is 1. The fraction of sp³-hybridized carbons (Fsp3) is 0.556. The van der Waals surface area contributed by atoms with Crippen LogP contribution in [0.5, 0.6) is 11.5 Å². The standard InChI is InChI=1S/C18H26BrN3O4/c1-5-26-15-11-13(10-14(19)17(15)25-4)18(24)22-8-6-21(7-9-22)12-16(23)20(2)3/h10-11H,5-9,12H2,1-4H3. The van der Waals surface area contributed by atoms with Crippen molar-refractivity contribution in [3.63, 3.8) is 0 Å². The van der Waals surface area contributed by atoms with Gasteiger partial charge in [-0.05, 0) is 35.0 Å². The highest BCUT2D eigenvalue weighted by atomic mass is 79.9. The second kappa shape index (κ2) is 9.23. The SMILES string of the molecule is CCOc1cc(C(=O)N2CCN(CC(=O)N(C)C)CC2)cc(Br)c1OC. The van der Waals surface area contributed by atoms with Crippen LogP contribution in [0.3, 0.4) is 0 Å². The molecule has 26 heavy (non-hydrogen) atoms. The van der Waals surface area contributed by atoms with E-state index in [1.807, 2.05) is 6.92 Å². The summed E-state index contributed by atoms with van der Waals surface area (Å²) in [5, 5.41) is 0. The van der Waals surface area contributed by atoms with E-state index in [0.717, 1.165) is 0 Å². The van der Waals surface area contributed by atoms with Crippen LogP contribution in [0.25, 0.3) is 0 Å². The van der Waals surface area contributed by atoms with Gasteiger partial charge < -0.3 is 19.3 Å². The molecule has 1 aromatic rings. The summed E-state index contributed by atoms with van der Waals surface area (Å²) in [7, 11) is 5.07. The van der Waals surface area contributed by atoms with Gasteiger partial charge in [0.25, 0.3) is 5.91 Å². The molecule has 0 radical (unpaired) electrons. The van der Waals surface area contributed by atoms with Crippen LogP contribution >= 0.6 is 15.9 Å². The van der Waals surface area contributed by atoms with Crippen LogP contribution < -0.4 is 9.47 Å². The average Bonchev–Trinajstić information content (AvgIpc) is 2.61. The van der Waals surface area contributed by atoms with E-state index < -0.39 is 0 Å². The lowest BCUT2D eigenvalue weighted by molar-refractivity contribution is -0.130. The van der Waals surface area contributed by atoms with Gasteiger partial charge in [0.15, 0.2) is 11.5 Å². The maximum atomic E-state index is 12.9. The largest absolute Gasteiger partial charge is 0.492 e. The Labute approximate surface area is 163 Å². The third kappa shape index (κ3) is 4.88. The third-order valence-corrected chi connectivity index (χ3v) is 4.87. The first kappa shape index (κ1) is 20.5. The van der Waals surface area contributed by atoms with Gasteiger partial charge in [0.05, 0.1) is 24.7 Å². The van der Waals surface area contributed by atoms with Crippen molar-refractivity contribution in [2.75, 3.05) is 60.5 Å². The molecular weight excluding hydrogens is 402 g/mol. The Morgan fingerprint density at radius 1 is 1.19 bits per heavy atom. The molecule has 1 aromatic carbocycles. The fourth-order valence-electron chi connectivity index (χ4n) is 2.78. The number of methoxy groups -OCH3 is 1. The number of amides is 2. The van der Waals surface area contributed by atoms with E-state index in [4.69, 9.17) is 9.47 Å². The zero-order valence-corrected chi connectivity index (χ0v) is 17.3. The topological polar surface area (TPSA) is 62.3 Å². The van der Waals surface area contributed by atoms with Crippen molar-refractivity contribution in [1.29, 1.82) is 0 Å². The molecule has 1 saturated heterocycles. The highest BCUT2D eigenvalue weighted by Gasteiger charge is 2.25. The summed E-state index contributed by atoms with van der Waals surface area (Å²) in [6.07, 6.45) is 0. The summed E-state index contributed by atoms with van der Waals surface area (Å²) in [5.74, 6) is 1.15. The molecule has 0 bridgehead atoms. The monoisotopic (exact) mass is 427 g/mol. The lowest BCUT2D eigenvalue weighted by Crippen LogP contribution is -2.51. The van der Waals surface area contributed by atoms with Crippen molar-refractivity contribution in [3.8, 4) is 11.5 Å². The second-order valence-corrected chi connectivity index (χ2v) is 7.13. The molecule has 2 amide bonds. The van der Waals surface area contributed by atoms with Crippen LogP contribution in [0.4, 0.5) is 0 Å². The lowest BCUT2D eigenvalue weighted by atomic mass is 10.1. The molecule has 8 heteroatoms. The summed E-state index contributed by atoms with van der Waals surface area (Å²) < 4.78 is 11.6. The second-order valence-electron chi connectivity index (χ2n) is 6.28. The molecular formula is C18H26BrN3O4. The number of hydrogen-bond acceptors (Lipinski definition) is 5. The Morgan fingerprint density at radius 3 is 2.38 bits per heavy atom. The molecule has 7 nitrogen and oxygen atoms in total. The normalized spacial score (nSPS) is 14.9. The Kier molecular flexibility index (Phi) is 7.28. The van der Waals surface area contributed by atoms with E-state index in [1.165, 1.54) is 0 Å². The number of benzene rings is 1. The summed E-state index contributed by atoms with van der Waals surface area (Å²) in [4.78, 5) is 30.1. The summed E-state index contributed by atoms with van der Waals surface area (Å²) in [6, 6.07) is 3.48. The number of rotatable bonds is 6. The van der Waals surface area contributed by atoms with Crippen LogP contribution in [-0.4, -0.2) is 87.0 Å². The molecule has 1 aliphatic rings. The van der Waals surface area contributed by atoms with Crippen molar-refractivity contribution in [1.82, 2.24) is 14.7 Å². The summed E-state index contributed by atoms with van der Waals surface area (Å²) in [5.41, 5.74) is 0.555. The number of carbonyl (C=O) groups excluding carboxylic acids is 2. The van der Waals surface area contributed by atoms with Crippen molar-refractivity contribution in [2.45, 2.75) is 6.92 Å². The molecule has 1 aliphatic heterocycles. The highest BCUT2D eigenvalue weighted by molar-refractivity contribution is 9.10. The molecule has 0 atom stereocenters. The van der Waals surface area contributed by atoms with Gasteiger partial charge in [0, 0.05) is 45.8 Å². The number of nitrogens with zero attached hydrogens (tertiary/aromatic N) is 3. The molecule has 0 saturated carbocycles. The maximum Gasteiger partial charge on any atom is 0.254 e. The molecule has 0 aliphatic carbocycles. The Balaban J connectivity index is 2.05. The van der Waals surface area contributed by atoms with Gasteiger partial charge in [-0.15, -0.1) is 0 Å². The van der Waals surface area contributed by atoms with Crippen LogP contribution in [0.2, 0.25) is 0 Å². The predicted octanol–water partition coefficient (Wildman–Crippen LogP) is 1.70. The Hall–Kier alpha value is -1.80. The highest BCUT2D eigenvalue weighted by Crippen LogP contribution is 2.36. The third-order valence-electron chi connectivity index (χ3n) is 4.28. The summed E-state index contributed by atoms with van der Waals surface area (Å²) >= 11 is 3.44. The molecule has 0 spiro atoms. The van der Waals surface area contributed by atoms with E-state index >= 15 is 0 Å². The van der Waals surface area contributed by atoms with Gasteiger partial charge in [-0.25, -0.2) is 0 Å². The molecule has 2 rings (SSSR count). The zero-order valence-electron chi connectivity index (χ0n) is 15.7. The molecule has 0 aromatic heterocycles. The van der Waals surface area contributed by atoms with Crippen molar-refractivity contribution < 1.29 is 19.1 Å². The Bertz CT molecular complexity index is 658. The molecule has 1 fully saturated rings. The van der Waals surface area contributed by atoms with Crippen LogP contribution in [0.1, 0.15) is 17.3 Å². The van der Waals surface area contributed by atoms with E-state index in [1.54, 1.807) is 43.1 Å². The predicted molar refractivity (Wildman–Crippen MR) is 103 cm³/mol.